The second kappa shape index (κ2) is 49.2. The molecule has 0 saturated heterocycles. The average Bonchev–Trinajstić information content (AvgIpc) is 3.28. The van der Waals surface area contributed by atoms with E-state index in [-0.39, 0.29) is 42.7 Å². The number of ether oxygens (including phenoxy) is 3. The van der Waals surface area contributed by atoms with Gasteiger partial charge in [0.2, 0.25) is 0 Å². The van der Waals surface area contributed by atoms with Gasteiger partial charge in [-0.2, -0.15) is 0 Å². The number of aliphatic carboxylic acids is 1. The molecule has 0 aliphatic heterocycles. The van der Waals surface area contributed by atoms with Crippen LogP contribution in [0.2, 0.25) is 0 Å². The Balaban J connectivity index is 4.16. The van der Waals surface area contributed by atoms with Crippen LogP contribution in [0.4, 0.5) is 0 Å². The molecular weight excluding hydrogens is 823 g/mol. The first-order valence-corrected chi connectivity index (χ1v) is 28.4. The molecule has 66 heavy (non-hydrogen) atoms. The van der Waals surface area contributed by atoms with Crippen molar-refractivity contribution in [3.05, 3.63) is 24.3 Å². The molecule has 2 unspecified atom stereocenters. The minimum Gasteiger partial charge on any atom is -0.544 e. The minimum absolute atomic E-state index is 0.0412. The molecule has 0 amide bonds. The molecule has 0 heterocycles. The number of carbonyl (C=O) groups excluding carboxylic acids is 3. The van der Waals surface area contributed by atoms with E-state index in [0.717, 1.165) is 38.5 Å². The lowest BCUT2D eigenvalue weighted by molar-refractivity contribution is -0.889. The minimum atomic E-state index is -1.12. The lowest BCUT2D eigenvalue weighted by atomic mass is 10.0. The molecule has 0 aromatic heterocycles. The average molecular weight is 933 g/mol. The molecule has 0 fully saturated rings. The van der Waals surface area contributed by atoms with Crippen LogP contribution in [-0.4, -0.2) is 75.5 Å². The number of carboxylic acids is 1. The van der Waals surface area contributed by atoms with Crippen LogP contribution in [-0.2, 0) is 28.6 Å². The van der Waals surface area contributed by atoms with Crippen molar-refractivity contribution in [3.63, 3.8) is 0 Å². The maximum atomic E-state index is 12.8. The molecule has 8 nitrogen and oxygen atoms in total. The smallest absolute Gasteiger partial charge is 0.306 e. The predicted molar refractivity (Wildman–Crippen MR) is 277 cm³/mol. The lowest BCUT2D eigenvalue weighted by Crippen LogP contribution is -2.55. The van der Waals surface area contributed by atoms with Crippen molar-refractivity contribution in [2.24, 2.45) is 0 Å². The van der Waals surface area contributed by atoms with Crippen molar-refractivity contribution in [3.8, 4) is 0 Å². The second-order valence-electron chi connectivity index (χ2n) is 20.5. The van der Waals surface area contributed by atoms with Gasteiger partial charge in [0.1, 0.15) is 12.6 Å². The second-order valence-corrected chi connectivity index (χ2v) is 20.5. The normalized spacial score (nSPS) is 12.9. The number of esters is 2. The molecule has 0 bridgehead atoms. The topological polar surface area (TPSA) is 102 Å². The summed E-state index contributed by atoms with van der Waals surface area (Å²) in [7, 11) is 5.43. The third kappa shape index (κ3) is 46.9. The molecule has 0 spiro atoms. The summed E-state index contributed by atoms with van der Waals surface area (Å²) in [6, 6.07) is -0.726. The quantitative estimate of drug-likeness (QED) is 0.0259. The largest absolute Gasteiger partial charge is 0.544 e. The summed E-state index contributed by atoms with van der Waals surface area (Å²) >= 11 is 0. The Labute approximate surface area is 409 Å². The zero-order valence-corrected chi connectivity index (χ0v) is 44.4. The van der Waals surface area contributed by atoms with Gasteiger partial charge in [-0.05, 0) is 64.2 Å². The Morgan fingerprint density at radius 2 is 0.758 bits per heavy atom. The van der Waals surface area contributed by atoms with Gasteiger partial charge in [0.05, 0.1) is 40.3 Å². The van der Waals surface area contributed by atoms with Gasteiger partial charge < -0.3 is 28.6 Å². The van der Waals surface area contributed by atoms with Crippen LogP contribution in [0.1, 0.15) is 277 Å². The van der Waals surface area contributed by atoms with Crippen molar-refractivity contribution >= 4 is 17.9 Å². The highest BCUT2D eigenvalue weighted by molar-refractivity contribution is 5.70. The standard InChI is InChI=1S/C58H109NO7/c1-6-8-10-12-14-16-18-20-22-24-26-27-28-29-31-32-34-36-38-40-42-44-46-48-56(60)65-53-54(52-64-51-50-55(58(62)63)59(3,4)5)66-57(61)49-47-45-43-41-39-37-35-33-30-25-23-21-19-17-15-13-11-9-7-2/h25,29-31,54-55H,6-24,26-28,32-53H2,1-5H3/b30-25+,31-29+. The van der Waals surface area contributed by atoms with E-state index >= 15 is 0 Å². The predicted octanol–water partition coefficient (Wildman–Crippen LogP) is 15.4. The SMILES string of the molecule is CCCCCCCCCC/C=C/CCCCCCCCCC(=O)OC(COCCC(C(=O)[O-])[N+](C)(C)C)COC(=O)CCCCCCCCC/C=C/CCCCCCCCCCCCCC. The van der Waals surface area contributed by atoms with Crippen molar-refractivity contribution in [1.82, 2.24) is 0 Å². The van der Waals surface area contributed by atoms with Crippen molar-refractivity contribution < 1.29 is 38.2 Å². The number of quaternary nitrogens is 1. The van der Waals surface area contributed by atoms with Crippen LogP contribution in [0.15, 0.2) is 24.3 Å². The number of carbonyl (C=O) groups is 3. The number of hydrogen-bond donors (Lipinski definition) is 0. The van der Waals surface area contributed by atoms with Crippen LogP contribution in [0.25, 0.3) is 0 Å². The zero-order valence-electron chi connectivity index (χ0n) is 44.4. The van der Waals surface area contributed by atoms with Crippen molar-refractivity contribution in [2.75, 3.05) is 41.0 Å². The molecule has 388 valence electrons. The number of nitrogens with zero attached hydrogens (tertiary/aromatic N) is 1. The Morgan fingerprint density at radius 3 is 1.09 bits per heavy atom. The van der Waals surface area contributed by atoms with Crippen molar-refractivity contribution in [1.29, 1.82) is 0 Å². The molecule has 0 aromatic rings. The number of hydrogen-bond acceptors (Lipinski definition) is 7. The molecular formula is C58H109NO7. The Bertz CT molecular complexity index is 1130. The van der Waals surface area contributed by atoms with Gasteiger partial charge in [0.25, 0.3) is 0 Å². The molecule has 0 aliphatic carbocycles. The number of unbranched alkanes of at least 4 members (excludes halogenated alkanes) is 34. The number of rotatable bonds is 52. The first kappa shape index (κ1) is 63.8. The third-order valence-corrected chi connectivity index (χ3v) is 13.1. The fraction of sp³-hybridized carbons (Fsp3) is 0.879. The highest BCUT2D eigenvalue weighted by atomic mass is 16.6. The van der Waals surface area contributed by atoms with E-state index in [0.29, 0.717) is 12.8 Å². The van der Waals surface area contributed by atoms with Crippen molar-refractivity contribution in [2.45, 2.75) is 289 Å². The number of likely N-dealkylation sites (N-methyl/N-ethyl adjacent to an activating group) is 1. The van der Waals surface area contributed by atoms with Gasteiger partial charge in [-0.3, -0.25) is 9.59 Å². The van der Waals surface area contributed by atoms with Crippen LogP contribution in [0.5, 0.6) is 0 Å². The van der Waals surface area contributed by atoms with Gasteiger partial charge in [0.15, 0.2) is 6.10 Å². The van der Waals surface area contributed by atoms with Gasteiger partial charge in [-0.25, -0.2) is 0 Å². The summed E-state index contributed by atoms with van der Waals surface area (Å²) in [5.74, 6) is -1.73. The third-order valence-electron chi connectivity index (χ3n) is 13.1. The zero-order chi connectivity index (χ0) is 48.4. The Kier molecular flexibility index (Phi) is 47.6. The summed E-state index contributed by atoms with van der Waals surface area (Å²) in [6.07, 6.45) is 57.9. The molecule has 0 N–H and O–H groups in total. The van der Waals surface area contributed by atoms with Gasteiger partial charge >= 0.3 is 11.9 Å². The van der Waals surface area contributed by atoms with E-state index in [9.17, 15) is 19.5 Å². The van der Waals surface area contributed by atoms with E-state index in [1.807, 2.05) is 21.1 Å². The first-order chi connectivity index (χ1) is 32.1. The Hall–Kier alpha value is -2.19. The summed E-state index contributed by atoms with van der Waals surface area (Å²) in [6.45, 7) is 4.70. The number of allylic oxidation sites excluding steroid dienone is 4. The molecule has 8 heteroatoms. The monoisotopic (exact) mass is 932 g/mol. The fourth-order valence-electron chi connectivity index (χ4n) is 8.65. The van der Waals surface area contributed by atoms with Crippen LogP contribution >= 0.6 is 0 Å². The molecule has 0 saturated carbocycles. The van der Waals surface area contributed by atoms with E-state index in [4.69, 9.17) is 14.2 Å². The maximum Gasteiger partial charge on any atom is 0.306 e. The van der Waals surface area contributed by atoms with Gasteiger partial charge in [-0.1, -0.05) is 218 Å². The van der Waals surface area contributed by atoms with E-state index in [1.165, 1.54) is 205 Å². The molecule has 0 radical (unpaired) electrons. The summed E-state index contributed by atoms with van der Waals surface area (Å²) in [5.41, 5.74) is 0. The first-order valence-electron chi connectivity index (χ1n) is 28.4. The van der Waals surface area contributed by atoms with Crippen LogP contribution in [0.3, 0.4) is 0 Å². The van der Waals surface area contributed by atoms with E-state index in [2.05, 4.69) is 38.2 Å². The van der Waals surface area contributed by atoms with E-state index in [1.54, 1.807) is 0 Å². The highest BCUT2D eigenvalue weighted by Gasteiger charge is 2.25. The van der Waals surface area contributed by atoms with Crippen LogP contribution < -0.4 is 5.11 Å². The summed E-state index contributed by atoms with van der Waals surface area (Å²) in [4.78, 5) is 37.1. The van der Waals surface area contributed by atoms with Crippen LogP contribution in [0, 0.1) is 0 Å². The Morgan fingerprint density at radius 1 is 0.439 bits per heavy atom. The highest BCUT2D eigenvalue weighted by Crippen LogP contribution is 2.16. The van der Waals surface area contributed by atoms with Gasteiger partial charge in [-0.15, -0.1) is 0 Å². The molecule has 0 aromatic carbocycles. The fourth-order valence-corrected chi connectivity index (χ4v) is 8.65. The molecule has 0 rings (SSSR count). The lowest BCUT2D eigenvalue weighted by Gasteiger charge is -2.34. The summed E-state index contributed by atoms with van der Waals surface area (Å²) < 4.78 is 17.3. The number of carboxylic acid groups (broad SMARTS) is 1. The summed E-state index contributed by atoms with van der Waals surface area (Å²) in [5, 5.41) is 11.7. The van der Waals surface area contributed by atoms with Gasteiger partial charge in [0, 0.05) is 19.3 Å². The maximum absolute atomic E-state index is 12.8. The molecule has 2 atom stereocenters. The van der Waals surface area contributed by atoms with E-state index < -0.39 is 18.1 Å². The molecule has 0 aliphatic rings.